The second-order valence-corrected chi connectivity index (χ2v) is 7.16. The number of benzene rings is 1. The van der Waals surface area contributed by atoms with Gasteiger partial charge in [-0.2, -0.15) is 0 Å². The summed E-state index contributed by atoms with van der Waals surface area (Å²) < 4.78 is 21.7. The minimum absolute atomic E-state index is 0.557. The van der Waals surface area contributed by atoms with Crippen LogP contribution in [0.1, 0.15) is 25.3 Å². The quantitative estimate of drug-likeness (QED) is 0.326. The van der Waals surface area contributed by atoms with Crippen molar-refractivity contribution in [2.45, 2.75) is 26.2 Å². The second-order valence-electron chi connectivity index (χ2n) is 7.16. The van der Waals surface area contributed by atoms with Crippen molar-refractivity contribution in [1.82, 2.24) is 10.2 Å². The molecule has 7 nitrogen and oxygen atoms in total. The molecule has 1 aromatic carbocycles. The van der Waals surface area contributed by atoms with E-state index in [1.54, 1.807) is 14.2 Å². The van der Waals surface area contributed by atoms with Gasteiger partial charge in [-0.25, -0.2) is 0 Å². The molecule has 0 spiro atoms. The first kappa shape index (κ1) is 23.3. The molecule has 1 fully saturated rings. The van der Waals surface area contributed by atoms with Gasteiger partial charge in [0, 0.05) is 39.7 Å². The van der Waals surface area contributed by atoms with Gasteiger partial charge in [0.15, 0.2) is 17.5 Å². The van der Waals surface area contributed by atoms with E-state index in [9.17, 15) is 0 Å². The summed E-state index contributed by atoms with van der Waals surface area (Å²) in [6.45, 7) is 7.61. The van der Waals surface area contributed by atoms with Crippen LogP contribution in [-0.2, 0) is 15.9 Å². The van der Waals surface area contributed by atoms with Gasteiger partial charge in [-0.05, 0) is 43.9 Å². The highest BCUT2D eigenvalue weighted by molar-refractivity contribution is 5.80. The molecule has 1 aliphatic rings. The van der Waals surface area contributed by atoms with E-state index in [0.717, 1.165) is 63.0 Å². The van der Waals surface area contributed by atoms with Crippen molar-refractivity contribution in [2.24, 2.45) is 10.9 Å². The van der Waals surface area contributed by atoms with Gasteiger partial charge in [-0.3, -0.25) is 4.99 Å². The number of ether oxygens (including phenoxy) is 4. The van der Waals surface area contributed by atoms with E-state index in [2.05, 4.69) is 27.3 Å². The molecule has 1 unspecified atom stereocenters. The Kier molecular flexibility index (Phi) is 10.7. The molecule has 0 amide bonds. The van der Waals surface area contributed by atoms with Gasteiger partial charge in [0.2, 0.25) is 0 Å². The molecule has 0 aliphatic carbocycles. The Morgan fingerprint density at radius 1 is 1.24 bits per heavy atom. The predicted octanol–water partition coefficient (Wildman–Crippen LogP) is 2.59. The van der Waals surface area contributed by atoms with E-state index in [-0.39, 0.29) is 0 Å². The molecule has 1 heterocycles. The Morgan fingerprint density at radius 3 is 2.83 bits per heavy atom. The third-order valence-electron chi connectivity index (χ3n) is 5.04. The van der Waals surface area contributed by atoms with Crippen LogP contribution in [0.3, 0.4) is 0 Å². The van der Waals surface area contributed by atoms with Gasteiger partial charge in [0.25, 0.3) is 0 Å². The highest BCUT2D eigenvalue weighted by atomic mass is 16.5. The monoisotopic (exact) mass is 407 g/mol. The fraction of sp³-hybridized carbons (Fsp3) is 0.682. The molecule has 7 heteroatoms. The lowest BCUT2D eigenvalue weighted by atomic mass is 10.1. The zero-order valence-corrected chi connectivity index (χ0v) is 18.4. The first-order chi connectivity index (χ1) is 14.2. The highest BCUT2D eigenvalue weighted by Gasteiger charge is 2.24. The minimum Gasteiger partial charge on any atom is -0.493 e. The zero-order valence-electron chi connectivity index (χ0n) is 18.4. The molecule has 0 aromatic heterocycles. The standard InChI is InChI=1S/C22H37N3O4/c1-5-29-21-15-18(8-9-20(21)27-4)7-6-11-24-22(23-2)25-12-10-19(16-25)17-28-14-13-26-3/h8-9,15,19H,5-7,10-14,16-17H2,1-4H3,(H,23,24). The summed E-state index contributed by atoms with van der Waals surface area (Å²) >= 11 is 0. The molecule has 1 aromatic rings. The number of aryl methyl sites for hydroxylation is 1. The van der Waals surface area contributed by atoms with Crippen LogP contribution < -0.4 is 14.8 Å². The van der Waals surface area contributed by atoms with Crippen molar-refractivity contribution in [1.29, 1.82) is 0 Å². The van der Waals surface area contributed by atoms with Gasteiger partial charge < -0.3 is 29.2 Å². The van der Waals surface area contributed by atoms with Gasteiger partial charge in [-0.15, -0.1) is 0 Å². The molecular formula is C22H37N3O4. The lowest BCUT2D eigenvalue weighted by Crippen LogP contribution is -2.40. The number of methoxy groups -OCH3 is 2. The van der Waals surface area contributed by atoms with Gasteiger partial charge in [-0.1, -0.05) is 6.07 Å². The maximum atomic E-state index is 5.68. The van der Waals surface area contributed by atoms with Gasteiger partial charge in [0.1, 0.15) is 0 Å². The molecule has 0 bridgehead atoms. The van der Waals surface area contributed by atoms with E-state index in [4.69, 9.17) is 18.9 Å². The summed E-state index contributed by atoms with van der Waals surface area (Å²) in [4.78, 5) is 6.78. The van der Waals surface area contributed by atoms with Crippen LogP contribution in [0.5, 0.6) is 11.5 Å². The maximum absolute atomic E-state index is 5.68. The molecule has 2 rings (SSSR count). The number of aliphatic imine (C=N–C) groups is 1. The molecule has 1 N–H and O–H groups in total. The van der Waals surface area contributed by atoms with E-state index >= 15 is 0 Å². The van der Waals surface area contributed by atoms with Crippen molar-refractivity contribution < 1.29 is 18.9 Å². The van der Waals surface area contributed by atoms with Crippen LogP contribution in [0.15, 0.2) is 23.2 Å². The number of hydrogen-bond donors (Lipinski definition) is 1. The van der Waals surface area contributed by atoms with Crippen LogP contribution in [0, 0.1) is 5.92 Å². The topological polar surface area (TPSA) is 64.6 Å². The SMILES string of the molecule is CCOc1cc(CCCNC(=NC)N2CCC(COCCOC)C2)ccc1OC. The molecule has 0 saturated carbocycles. The fourth-order valence-electron chi connectivity index (χ4n) is 3.52. The average Bonchev–Trinajstić information content (AvgIpc) is 3.20. The Balaban J connectivity index is 1.72. The Hall–Kier alpha value is -1.99. The predicted molar refractivity (Wildman–Crippen MR) is 116 cm³/mol. The third kappa shape index (κ3) is 7.74. The van der Waals surface area contributed by atoms with Crippen molar-refractivity contribution in [2.75, 3.05) is 67.3 Å². The minimum atomic E-state index is 0.557. The van der Waals surface area contributed by atoms with Crippen LogP contribution in [0.4, 0.5) is 0 Å². The molecule has 164 valence electrons. The van der Waals surface area contributed by atoms with E-state index in [1.165, 1.54) is 5.56 Å². The molecule has 0 radical (unpaired) electrons. The first-order valence-electron chi connectivity index (χ1n) is 10.5. The lowest BCUT2D eigenvalue weighted by molar-refractivity contribution is 0.0536. The van der Waals surface area contributed by atoms with Crippen molar-refractivity contribution >= 4 is 5.96 Å². The molecule has 1 atom stereocenters. The molecule has 29 heavy (non-hydrogen) atoms. The number of nitrogens with zero attached hydrogens (tertiary/aromatic N) is 2. The third-order valence-corrected chi connectivity index (χ3v) is 5.04. The Morgan fingerprint density at radius 2 is 2.10 bits per heavy atom. The van der Waals surface area contributed by atoms with E-state index in [1.807, 2.05) is 20.0 Å². The number of nitrogens with one attached hydrogen (secondary N) is 1. The molecule has 1 saturated heterocycles. The smallest absolute Gasteiger partial charge is 0.193 e. The fourth-order valence-corrected chi connectivity index (χ4v) is 3.52. The number of guanidine groups is 1. The summed E-state index contributed by atoms with van der Waals surface area (Å²) in [7, 11) is 5.22. The van der Waals surface area contributed by atoms with Gasteiger partial charge >= 0.3 is 0 Å². The summed E-state index contributed by atoms with van der Waals surface area (Å²) in [5, 5.41) is 3.50. The normalized spacial score (nSPS) is 16.9. The Bertz CT molecular complexity index is 624. The lowest BCUT2D eigenvalue weighted by Gasteiger charge is -2.21. The van der Waals surface area contributed by atoms with Crippen LogP contribution in [-0.4, -0.2) is 78.2 Å². The summed E-state index contributed by atoms with van der Waals surface area (Å²) in [6.07, 6.45) is 3.14. The maximum Gasteiger partial charge on any atom is 0.193 e. The first-order valence-corrected chi connectivity index (χ1v) is 10.5. The highest BCUT2D eigenvalue weighted by Crippen LogP contribution is 2.28. The number of rotatable bonds is 12. The summed E-state index contributed by atoms with van der Waals surface area (Å²) in [6, 6.07) is 6.16. The summed E-state index contributed by atoms with van der Waals surface area (Å²) in [5.74, 6) is 3.13. The van der Waals surface area contributed by atoms with Crippen LogP contribution in [0.2, 0.25) is 0 Å². The number of likely N-dealkylation sites (tertiary alicyclic amines) is 1. The van der Waals surface area contributed by atoms with Gasteiger partial charge in [0.05, 0.1) is 33.5 Å². The molecular weight excluding hydrogens is 370 g/mol. The molecule has 1 aliphatic heterocycles. The Labute approximate surface area is 175 Å². The average molecular weight is 408 g/mol. The number of hydrogen-bond acceptors (Lipinski definition) is 5. The van der Waals surface area contributed by atoms with Crippen molar-refractivity contribution in [3.63, 3.8) is 0 Å². The van der Waals surface area contributed by atoms with Crippen LogP contribution >= 0.6 is 0 Å². The second kappa shape index (κ2) is 13.3. The largest absolute Gasteiger partial charge is 0.493 e. The van der Waals surface area contributed by atoms with E-state index < -0.39 is 0 Å². The van der Waals surface area contributed by atoms with Crippen molar-refractivity contribution in [3.05, 3.63) is 23.8 Å². The van der Waals surface area contributed by atoms with Crippen molar-refractivity contribution in [3.8, 4) is 11.5 Å². The summed E-state index contributed by atoms with van der Waals surface area (Å²) in [5.41, 5.74) is 1.25. The van der Waals surface area contributed by atoms with E-state index in [0.29, 0.717) is 25.7 Å². The zero-order chi connectivity index (χ0) is 20.9. The van der Waals surface area contributed by atoms with Crippen LogP contribution in [0.25, 0.3) is 0 Å².